The van der Waals surface area contributed by atoms with Gasteiger partial charge in [-0.25, -0.2) is 0 Å². The highest BCUT2D eigenvalue weighted by Gasteiger charge is 2.37. The number of carbonyl (C=O) groups is 1. The van der Waals surface area contributed by atoms with Gasteiger partial charge in [0.15, 0.2) is 0 Å². The van der Waals surface area contributed by atoms with E-state index in [-0.39, 0.29) is 5.92 Å². The topological polar surface area (TPSA) is 17.1 Å². The molecule has 64 valence electrons. The summed E-state index contributed by atoms with van der Waals surface area (Å²) < 4.78 is 1.13. The van der Waals surface area contributed by atoms with Gasteiger partial charge >= 0.3 is 0 Å². The van der Waals surface area contributed by atoms with Crippen molar-refractivity contribution in [1.29, 1.82) is 0 Å². The SMILES string of the molecule is CC1C(=O)CC1c1cc(Br)cs1. The Bertz CT molecular complexity index is 318. The average Bonchev–Trinajstić information content (AvgIpc) is 2.46. The summed E-state index contributed by atoms with van der Waals surface area (Å²) in [5.41, 5.74) is 0. The number of thiophene rings is 1. The molecule has 2 atom stereocenters. The number of rotatable bonds is 1. The van der Waals surface area contributed by atoms with E-state index < -0.39 is 0 Å². The molecule has 0 radical (unpaired) electrons. The lowest BCUT2D eigenvalue weighted by Gasteiger charge is -2.31. The zero-order valence-corrected chi connectivity index (χ0v) is 9.11. The quantitative estimate of drug-likeness (QED) is 0.742. The lowest BCUT2D eigenvalue weighted by atomic mass is 9.73. The minimum atomic E-state index is 0.246. The fourth-order valence-electron chi connectivity index (χ4n) is 1.51. The first-order valence-electron chi connectivity index (χ1n) is 3.95. The summed E-state index contributed by atoms with van der Waals surface area (Å²) in [5, 5.41) is 2.07. The van der Waals surface area contributed by atoms with Crippen molar-refractivity contribution in [3.63, 3.8) is 0 Å². The van der Waals surface area contributed by atoms with Crippen LogP contribution in [0.4, 0.5) is 0 Å². The molecule has 2 unspecified atom stereocenters. The monoisotopic (exact) mass is 244 g/mol. The van der Waals surface area contributed by atoms with E-state index in [2.05, 4.69) is 27.4 Å². The van der Waals surface area contributed by atoms with E-state index in [0.717, 1.165) is 10.9 Å². The smallest absolute Gasteiger partial charge is 0.137 e. The molecular formula is C9H9BrOS. The summed E-state index contributed by atoms with van der Waals surface area (Å²) >= 11 is 5.15. The van der Waals surface area contributed by atoms with Gasteiger partial charge in [0.1, 0.15) is 5.78 Å². The Hall–Kier alpha value is -0.150. The summed E-state index contributed by atoms with van der Waals surface area (Å²) in [7, 11) is 0. The lowest BCUT2D eigenvalue weighted by molar-refractivity contribution is -0.129. The first-order chi connectivity index (χ1) is 5.68. The number of halogens is 1. The van der Waals surface area contributed by atoms with Crippen molar-refractivity contribution in [3.8, 4) is 0 Å². The number of Topliss-reactive ketones (excluding diaryl/α,β-unsaturated/α-hetero) is 1. The average molecular weight is 245 g/mol. The molecule has 0 aliphatic heterocycles. The molecule has 0 spiro atoms. The molecule has 1 saturated carbocycles. The molecule has 0 saturated heterocycles. The molecule has 0 bridgehead atoms. The first-order valence-corrected chi connectivity index (χ1v) is 5.62. The van der Waals surface area contributed by atoms with E-state index in [4.69, 9.17) is 0 Å². The van der Waals surface area contributed by atoms with Crippen molar-refractivity contribution in [2.45, 2.75) is 19.3 Å². The minimum absolute atomic E-state index is 0.246. The van der Waals surface area contributed by atoms with Gasteiger partial charge < -0.3 is 0 Å². The molecule has 3 heteroatoms. The predicted octanol–water partition coefficient (Wildman–Crippen LogP) is 3.20. The normalized spacial score (nSPS) is 28.7. The van der Waals surface area contributed by atoms with E-state index in [9.17, 15) is 4.79 Å². The van der Waals surface area contributed by atoms with Crippen LogP contribution in [0.25, 0.3) is 0 Å². The van der Waals surface area contributed by atoms with Crippen LogP contribution in [-0.4, -0.2) is 5.78 Å². The van der Waals surface area contributed by atoms with Gasteiger partial charge in [0.25, 0.3) is 0 Å². The van der Waals surface area contributed by atoms with Gasteiger partial charge in [-0.3, -0.25) is 4.79 Å². The summed E-state index contributed by atoms with van der Waals surface area (Å²) in [6.45, 7) is 2.02. The maximum atomic E-state index is 11.0. The maximum absolute atomic E-state index is 11.0. The van der Waals surface area contributed by atoms with Crippen molar-refractivity contribution < 1.29 is 4.79 Å². The highest BCUT2D eigenvalue weighted by atomic mass is 79.9. The molecule has 1 aliphatic rings. The second-order valence-corrected chi connectivity index (χ2v) is 5.09. The predicted molar refractivity (Wildman–Crippen MR) is 53.5 cm³/mol. The zero-order valence-electron chi connectivity index (χ0n) is 6.71. The van der Waals surface area contributed by atoms with Crippen LogP contribution in [0.15, 0.2) is 15.9 Å². The van der Waals surface area contributed by atoms with Gasteiger partial charge in [-0.15, -0.1) is 11.3 Å². The number of hydrogen-bond donors (Lipinski definition) is 0. The minimum Gasteiger partial charge on any atom is -0.299 e. The highest BCUT2D eigenvalue weighted by molar-refractivity contribution is 9.10. The van der Waals surface area contributed by atoms with E-state index in [1.807, 2.05) is 6.92 Å². The highest BCUT2D eigenvalue weighted by Crippen LogP contribution is 2.42. The Balaban J connectivity index is 2.17. The van der Waals surface area contributed by atoms with Crippen LogP contribution in [0.1, 0.15) is 24.1 Å². The second kappa shape index (κ2) is 2.96. The van der Waals surface area contributed by atoms with Crippen LogP contribution in [0.5, 0.6) is 0 Å². The zero-order chi connectivity index (χ0) is 8.72. The van der Waals surface area contributed by atoms with E-state index >= 15 is 0 Å². The summed E-state index contributed by atoms with van der Waals surface area (Å²) in [4.78, 5) is 12.4. The third kappa shape index (κ3) is 1.25. The summed E-state index contributed by atoms with van der Waals surface area (Å²) in [6, 6.07) is 2.12. The fourth-order valence-corrected chi connectivity index (χ4v) is 3.17. The Morgan fingerprint density at radius 1 is 1.67 bits per heavy atom. The van der Waals surface area contributed by atoms with Crippen LogP contribution < -0.4 is 0 Å². The maximum Gasteiger partial charge on any atom is 0.137 e. The third-order valence-corrected chi connectivity index (χ3v) is 4.31. The number of hydrogen-bond acceptors (Lipinski definition) is 2. The van der Waals surface area contributed by atoms with Crippen molar-refractivity contribution in [2.75, 3.05) is 0 Å². The van der Waals surface area contributed by atoms with Crippen molar-refractivity contribution in [2.24, 2.45) is 5.92 Å². The summed E-state index contributed by atoms with van der Waals surface area (Å²) in [5.74, 6) is 1.15. The van der Waals surface area contributed by atoms with Crippen molar-refractivity contribution >= 4 is 33.0 Å². The Kier molecular flexibility index (Phi) is 2.09. The van der Waals surface area contributed by atoms with Gasteiger partial charge in [0, 0.05) is 33.0 Å². The van der Waals surface area contributed by atoms with Crippen molar-refractivity contribution in [3.05, 3.63) is 20.8 Å². The third-order valence-electron chi connectivity index (χ3n) is 2.49. The summed E-state index contributed by atoms with van der Waals surface area (Å²) in [6.07, 6.45) is 0.744. The van der Waals surface area contributed by atoms with Gasteiger partial charge in [0.05, 0.1) is 0 Å². The van der Waals surface area contributed by atoms with Crippen LogP contribution in [0.2, 0.25) is 0 Å². The molecule has 1 fully saturated rings. The molecule has 1 heterocycles. The first kappa shape index (κ1) is 8.45. The largest absolute Gasteiger partial charge is 0.299 e. The second-order valence-electron chi connectivity index (χ2n) is 3.23. The van der Waals surface area contributed by atoms with Crippen LogP contribution in [0, 0.1) is 5.92 Å². The molecule has 1 aromatic rings. The Labute approximate surface area is 83.9 Å². The lowest BCUT2D eigenvalue weighted by Crippen LogP contribution is -2.32. The van der Waals surface area contributed by atoms with Crippen LogP contribution >= 0.6 is 27.3 Å². The molecule has 1 aromatic heterocycles. The van der Waals surface area contributed by atoms with Gasteiger partial charge in [0.2, 0.25) is 0 Å². The van der Waals surface area contributed by atoms with Gasteiger partial charge in [-0.05, 0) is 22.0 Å². The standard InChI is InChI=1S/C9H9BrOS/c1-5-7(3-8(5)11)9-2-6(10)4-12-9/h2,4-5,7H,3H2,1H3. The number of carbonyl (C=O) groups excluding carboxylic acids is 1. The fraction of sp³-hybridized carbons (Fsp3) is 0.444. The Morgan fingerprint density at radius 3 is 2.83 bits per heavy atom. The van der Waals surface area contributed by atoms with Crippen molar-refractivity contribution in [1.82, 2.24) is 0 Å². The molecule has 0 amide bonds. The van der Waals surface area contributed by atoms with Crippen LogP contribution in [0.3, 0.4) is 0 Å². The molecule has 0 aromatic carbocycles. The van der Waals surface area contributed by atoms with E-state index in [1.165, 1.54) is 4.88 Å². The Morgan fingerprint density at radius 2 is 2.42 bits per heavy atom. The molecule has 1 aliphatic carbocycles. The van der Waals surface area contributed by atoms with E-state index in [0.29, 0.717) is 11.7 Å². The van der Waals surface area contributed by atoms with Gasteiger partial charge in [-0.1, -0.05) is 6.92 Å². The molecular weight excluding hydrogens is 236 g/mol. The molecule has 0 N–H and O–H groups in total. The van der Waals surface area contributed by atoms with Crippen LogP contribution in [-0.2, 0) is 4.79 Å². The molecule has 12 heavy (non-hydrogen) atoms. The van der Waals surface area contributed by atoms with E-state index in [1.54, 1.807) is 11.3 Å². The molecule has 1 nitrogen and oxygen atoms in total. The van der Waals surface area contributed by atoms with Gasteiger partial charge in [-0.2, -0.15) is 0 Å². The molecule has 2 rings (SSSR count). The number of ketones is 1.